The molecule has 174 valence electrons. The van der Waals surface area contributed by atoms with Crippen molar-refractivity contribution in [2.75, 3.05) is 25.0 Å². The summed E-state index contributed by atoms with van der Waals surface area (Å²) in [6.07, 6.45) is 0.849. The van der Waals surface area contributed by atoms with Crippen molar-refractivity contribution in [3.05, 3.63) is 45.3 Å². The van der Waals surface area contributed by atoms with E-state index in [0.29, 0.717) is 28.3 Å². The number of carbonyl (C=O) groups is 2. The van der Waals surface area contributed by atoms with E-state index in [1.807, 2.05) is 26.8 Å². The van der Waals surface area contributed by atoms with Crippen molar-refractivity contribution >= 4 is 38.2 Å². The third-order valence-electron chi connectivity index (χ3n) is 5.87. The molecule has 2 heterocycles. The first-order valence-electron chi connectivity index (χ1n) is 10.7. The number of sulfonamides is 1. The number of hydrogen-bond acceptors (Lipinski definition) is 6. The standard InChI is InChI=1S/C23H30N2O5S2/c1-6-30-23(27)20-16(4)17(5)31-22(20)24-21(26)18-9-11-25(12-10-18)32(28,29)19-8-7-14(2)13-15(19)3/h7-8,13,18H,6,9-12H2,1-5H3,(H,24,26). The van der Waals surface area contributed by atoms with Crippen molar-refractivity contribution in [3.63, 3.8) is 0 Å². The average molecular weight is 479 g/mol. The van der Waals surface area contributed by atoms with Crippen molar-refractivity contribution in [3.8, 4) is 0 Å². The number of hydrogen-bond donors (Lipinski definition) is 1. The van der Waals surface area contributed by atoms with Gasteiger partial charge in [-0.25, -0.2) is 13.2 Å². The molecule has 0 bridgehead atoms. The van der Waals surface area contributed by atoms with Gasteiger partial charge in [0, 0.05) is 23.9 Å². The van der Waals surface area contributed by atoms with E-state index < -0.39 is 16.0 Å². The number of benzene rings is 1. The monoisotopic (exact) mass is 478 g/mol. The number of piperidine rings is 1. The molecule has 1 amide bonds. The van der Waals surface area contributed by atoms with Crippen LogP contribution >= 0.6 is 11.3 Å². The lowest BCUT2D eigenvalue weighted by molar-refractivity contribution is -0.120. The summed E-state index contributed by atoms with van der Waals surface area (Å²) < 4.78 is 32.8. The Labute approximate surface area is 193 Å². The largest absolute Gasteiger partial charge is 0.462 e. The van der Waals surface area contributed by atoms with Gasteiger partial charge in [-0.1, -0.05) is 17.7 Å². The first kappa shape index (κ1) is 24.4. The van der Waals surface area contributed by atoms with E-state index in [1.54, 1.807) is 26.0 Å². The van der Waals surface area contributed by atoms with Crippen LogP contribution in [-0.4, -0.2) is 44.3 Å². The van der Waals surface area contributed by atoms with Gasteiger partial charge in [0.25, 0.3) is 0 Å². The summed E-state index contributed by atoms with van der Waals surface area (Å²) in [6.45, 7) is 10.0. The van der Waals surface area contributed by atoms with E-state index in [4.69, 9.17) is 4.74 Å². The van der Waals surface area contributed by atoms with Gasteiger partial charge < -0.3 is 10.1 Å². The Bertz CT molecular complexity index is 1130. The topological polar surface area (TPSA) is 92.8 Å². The maximum atomic E-state index is 13.1. The zero-order valence-electron chi connectivity index (χ0n) is 19.1. The van der Waals surface area contributed by atoms with Crippen LogP contribution in [0.3, 0.4) is 0 Å². The maximum Gasteiger partial charge on any atom is 0.341 e. The lowest BCUT2D eigenvalue weighted by atomic mass is 9.97. The summed E-state index contributed by atoms with van der Waals surface area (Å²) in [5.74, 6) is -0.960. The van der Waals surface area contributed by atoms with Gasteiger partial charge in [0.15, 0.2) is 0 Å². The molecule has 7 nitrogen and oxygen atoms in total. The number of carbonyl (C=O) groups excluding carboxylic acids is 2. The van der Waals surface area contributed by atoms with Crippen molar-refractivity contribution in [1.82, 2.24) is 4.31 Å². The van der Waals surface area contributed by atoms with E-state index >= 15 is 0 Å². The van der Waals surface area contributed by atoms with Crippen molar-refractivity contribution in [2.24, 2.45) is 5.92 Å². The van der Waals surface area contributed by atoms with Gasteiger partial charge in [-0.15, -0.1) is 11.3 Å². The molecule has 0 atom stereocenters. The third kappa shape index (κ3) is 4.89. The highest BCUT2D eigenvalue weighted by Crippen LogP contribution is 2.34. The number of thiophene rings is 1. The Kier molecular flexibility index (Phi) is 7.42. The summed E-state index contributed by atoms with van der Waals surface area (Å²) in [5.41, 5.74) is 2.94. The van der Waals surface area contributed by atoms with Crippen molar-refractivity contribution in [1.29, 1.82) is 0 Å². The fourth-order valence-electron chi connectivity index (χ4n) is 3.96. The van der Waals surface area contributed by atoms with Crippen LogP contribution in [0, 0.1) is 33.6 Å². The predicted octanol–water partition coefficient (Wildman–Crippen LogP) is 4.20. The van der Waals surface area contributed by atoms with Gasteiger partial charge in [0.1, 0.15) is 5.00 Å². The Morgan fingerprint density at radius 3 is 2.41 bits per heavy atom. The van der Waals surface area contributed by atoms with E-state index in [1.165, 1.54) is 15.6 Å². The Hall–Kier alpha value is -2.23. The summed E-state index contributed by atoms with van der Waals surface area (Å²) in [7, 11) is -3.60. The molecule has 1 aromatic heterocycles. The number of nitrogens with zero attached hydrogens (tertiary/aromatic N) is 1. The molecule has 9 heteroatoms. The SMILES string of the molecule is CCOC(=O)c1c(NC(=O)C2CCN(S(=O)(=O)c3ccc(C)cc3C)CC2)sc(C)c1C. The van der Waals surface area contributed by atoms with Crippen molar-refractivity contribution < 1.29 is 22.7 Å². The molecular weight excluding hydrogens is 448 g/mol. The maximum absolute atomic E-state index is 13.1. The lowest BCUT2D eigenvalue weighted by Gasteiger charge is -2.31. The van der Waals surface area contributed by atoms with Gasteiger partial charge in [-0.3, -0.25) is 4.79 Å². The normalized spacial score (nSPS) is 15.5. The molecule has 1 fully saturated rings. The van der Waals surface area contributed by atoms with Crippen LogP contribution < -0.4 is 5.32 Å². The molecule has 1 N–H and O–H groups in total. The van der Waals surface area contributed by atoms with Crippen LogP contribution in [0.1, 0.15) is 51.7 Å². The van der Waals surface area contributed by atoms with Crippen LogP contribution in [0.2, 0.25) is 0 Å². The smallest absolute Gasteiger partial charge is 0.341 e. The first-order valence-corrected chi connectivity index (χ1v) is 13.0. The summed E-state index contributed by atoms with van der Waals surface area (Å²) >= 11 is 1.35. The van der Waals surface area contributed by atoms with Crippen LogP contribution in [0.4, 0.5) is 5.00 Å². The molecule has 1 aliphatic rings. The minimum Gasteiger partial charge on any atom is -0.462 e. The van der Waals surface area contributed by atoms with Crippen LogP contribution in [0.5, 0.6) is 0 Å². The molecule has 1 aliphatic heterocycles. The number of nitrogens with one attached hydrogen (secondary N) is 1. The first-order chi connectivity index (χ1) is 15.1. The minimum atomic E-state index is -3.60. The Morgan fingerprint density at radius 2 is 1.81 bits per heavy atom. The number of aryl methyl sites for hydroxylation is 3. The highest BCUT2D eigenvalue weighted by Gasteiger charge is 2.33. The molecule has 0 radical (unpaired) electrons. The van der Waals surface area contributed by atoms with Gasteiger partial charge in [0.05, 0.1) is 17.1 Å². The summed E-state index contributed by atoms with van der Waals surface area (Å²) in [6, 6.07) is 5.31. The number of anilines is 1. The molecular formula is C23H30N2O5S2. The molecule has 0 saturated carbocycles. The highest BCUT2D eigenvalue weighted by molar-refractivity contribution is 7.89. The van der Waals surface area contributed by atoms with Gasteiger partial charge in [0.2, 0.25) is 15.9 Å². The van der Waals surface area contributed by atoms with Gasteiger partial charge in [-0.2, -0.15) is 4.31 Å². The van der Waals surface area contributed by atoms with Gasteiger partial charge >= 0.3 is 5.97 Å². The third-order valence-corrected chi connectivity index (χ3v) is 9.06. The second kappa shape index (κ2) is 9.72. The fourth-order valence-corrected chi connectivity index (χ4v) is 6.69. The molecule has 2 aromatic rings. The summed E-state index contributed by atoms with van der Waals surface area (Å²) in [5, 5.41) is 3.39. The van der Waals surface area contributed by atoms with E-state index in [9.17, 15) is 18.0 Å². The van der Waals surface area contributed by atoms with Crippen LogP contribution in [-0.2, 0) is 19.6 Å². The van der Waals surface area contributed by atoms with Crippen LogP contribution in [0.15, 0.2) is 23.1 Å². The predicted molar refractivity (Wildman–Crippen MR) is 126 cm³/mol. The molecule has 0 aliphatic carbocycles. The Balaban J connectivity index is 1.69. The van der Waals surface area contributed by atoms with Crippen molar-refractivity contribution in [2.45, 2.75) is 52.4 Å². The second-order valence-corrected chi connectivity index (χ2v) is 11.3. The highest BCUT2D eigenvalue weighted by atomic mass is 32.2. The Morgan fingerprint density at radius 1 is 1.16 bits per heavy atom. The number of rotatable bonds is 6. The average Bonchev–Trinajstić information content (AvgIpc) is 3.01. The lowest BCUT2D eigenvalue weighted by Crippen LogP contribution is -2.41. The minimum absolute atomic E-state index is 0.194. The molecule has 3 rings (SSSR count). The molecule has 0 unspecified atom stereocenters. The number of esters is 1. The molecule has 1 aromatic carbocycles. The van der Waals surface area contributed by atoms with E-state index in [2.05, 4.69) is 5.32 Å². The summed E-state index contributed by atoms with van der Waals surface area (Å²) in [4.78, 5) is 26.5. The molecule has 32 heavy (non-hydrogen) atoms. The van der Waals surface area contributed by atoms with E-state index in [0.717, 1.165) is 21.6 Å². The zero-order valence-corrected chi connectivity index (χ0v) is 20.8. The van der Waals surface area contributed by atoms with Gasteiger partial charge in [-0.05, 0) is 64.7 Å². The second-order valence-electron chi connectivity index (χ2n) is 8.14. The fraction of sp³-hybridized carbons (Fsp3) is 0.478. The number of amides is 1. The molecule has 1 saturated heterocycles. The van der Waals surface area contributed by atoms with E-state index in [-0.39, 0.29) is 31.5 Å². The zero-order chi connectivity index (χ0) is 23.6. The molecule has 0 spiro atoms. The quantitative estimate of drug-likeness (QED) is 0.628. The number of ether oxygens (including phenoxy) is 1. The van der Waals surface area contributed by atoms with Crippen LogP contribution in [0.25, 0.3) is 0 Å².